The average molecular weight is 257 g/mol. The number of aromatic carboxylic acids is 1. The summed E-state index contributed by atoms with van der Waals surface area (Å²) in [4.78, 5) is 24.2. The van der Waals surface area contributed by atoms with Crippen LogP contribution in [0.3, 0.4) is 0 Å². The second-order valence-corrected chi connectivity index (χ2v) is 3.33. The van der Waals surface area contributed by atoms with E-state index in [-0.39, 0.29) is 11.5 Å². The Morgan fingerprint density at radius 1 is 1.44 bits per heavy atom. The molecule has 0 radical (unpaired) electrons. The van der Waals surface area contributed by atoms with Crippen LogP contribution in [-0.4, -0.2) is 50.5 Å². The third-order valence-electron chi connectivity index (χ3n) is 2.07. The zero-order chi connectivity index (χ0) is 13.7. The number of rotatable bonds is 6. The highest BCUT2D eigenvalue weighted by Gasteiger charge is 2.20. The van der Waals surface area contributed by atoms with E-state index in [2.05, 4.69) is 10.3 Å². The summed E-state index contributed by atoms with van der Waals surface area (Å²) < 4.78 is 0. The van der Waals surface area contributed by atoms with Gasteiger partial charge in [-0.05, 0) is 6.07 Å². The van der Waals surface area contributed by atoms with Crippen LogP contribution in [0, 0.1) is 10.1 Å². The summed E-state index contributed by atoms with van der Waals surface area (Å²) >= 11 is 0. The summed E-state index contributed by atoms with van der Waals surface area (Å²) in [6.07, 6.45) is 0. The second kappa shape index (κ2) is 5.89. The van der Waals surface area contributed by atoms with Gasteiger partial charge in [-0.2, -0.15) is 0 Å². The van der Waals surface area contributed by atoms with Gasteiger partial charge in [0.15, 0.2) is 5.69 Å². The Bertz CT molecular complexity index is 460. The normalized spacial score (nSPS) is 10.4. The molecule has 0 fully saturated rings. The van der Waals surface area contributed by atoms with Gasteiger partial charge in [-0.25, -0.2) is 9.78 Å². The minimum Gasteiger partial charge on any atom is -0.477 e. The summed E-state index contributed by atoms with van der Waals surface area (Å²) in [5.74, 6) is -1.65. The summed E-state index contributed by atoms with van der Waals surface area (Å²) in [5, 5.41) is 39.6. The first-order chi connectivity index (χ1) is 8.49. The van der Waals surface area contributed by atoms with Crippen LogP contribution < -0.4 is 5.32 Å². The molecule has 1 heterocycles. The Morgan fingerprint density at radius 3 is 2.50 bits per heavy atom. The number of carboxylic acid groups (broad SMARTS) is 1. The minimum absolute atomic E-state index is 0.312. The lowest BCUT2D eigenvalue weighted by atomic mass is 10.3. The highest BCUT2D eigenvalue weighted by molar-refractivity contribution is 5.86. The van der Waals surface area contributed by atoms with Gasteiger partial charge in [0.1, 0.15) is 0 Å². The van der Waals surface area contributed by atoms with E-state index < -0.39 is 35.8 Å². The number of aliphatic hydroxyl groups is 2. The third-order valence-corrected chi connectivity index (χ3v) is 2.07. The molecule has 18 heavy (non-hydrogen) atoms. The van der Waals surface area contributed by atoms with Gasteiger partial charge in [-0.3, -0.25) is 10.1 Å². The largest absolute Gasteiger partial charge is 0.477 e. The molecule has 0 unspecified atom stereocenters. The average Bonchev–Trinajstić information content (AvgIpc) is 2.35. The van der Waals surface area contributed by atoms with Crippen LogP contribution in [0.2, 0.25) is 0 Å². The highest BCUT2D eigenvalue weighted by Crippen LogP contribution is 2.22. The maximum Gasteiger partial charge on any atom is 0.354 e. The van der Waals surface area contributed by atoms with Crippen molar-refractivity contribution in [1.29, 1.82) is 0 Å². The minimum atomic E-state index is -1.34. The molecule has 1 rings (SSSR count). The van der Waals surface area contributed by atoms with Crippen molar-refractivity contribution in [2.75, 3.05) is 18.5 Å². The first-order valence-electron chi connectivity index (χ1n) is 4.86. The molecule has 0 bridgehead atoms. The number of nitrogens with one attached hydrogen (secondary N) is 1. The van der Waals surface area contributed by atoms with Gasteiger partial charge in [-0.1, -0.05) is 0 Å². The first-order valence-corrected chi connectivity index (χ1v) is 4.86. The van der Waals surface area contributed by atoms with Crippen molar-refractivity contribution >= 4 is 17.5 Å². The van der Waals surface area contributed by atoms with E-state index in [1.807, 2.05) is 0 Å². The number of nitrogens with zero attached hydrogens (tertiary/aromatic N) is 2. The Kier molecular flexibility index (Phi) is 4.52. The number of carboxylic acids is 1. The molecule has 0 saturated carbocycles. The maximum absolute atomic E-state index is 10.7. The lowest BCUT2D eigenvalue weighted by molar-refractivity contribution is -0.384. The number of hydrogen-bond donors (Lipinski definition) is 4. The topological polar surface area (TPSA) is 146 Å². The molecular weight excluding hydrogens is 246 g/mol. The SMILES string of the molecule is O=C(O)c1ccc([N+](=O)[O-])c(NC(CO)CO)n1. The number of carbonyl (C=O) groups is 1. The van der Waals surface area contributed by atoms with E-state index in [1.165, 1.54) is 0 Å². The van der Waals surface area contributed by atoms with Crippen LogP contribution in [0.1, 0.15) is 10.5 Å². The predicted octanol–water partition coefficient (Wildman–Crippen LogP) is -0.547. The van der Waals surface area contributed by atoms with Gasteiger partial charge >= 0.3 is 11.7 Å². The fourth-order valence-electron chi connectivity index (χ4n) is 1.17. The van der Waals surface area contributed by atoms with E-state index in [1.54, 1.807) is 0 Å². The van der Waals surface area contributed by atoms with E-state index in [9.17, 15) is 14.9 Å². The van der Waals surface area contributed by atoms with Crippen LogP contribution in [-0.2, 0) is 0 Å². The molecular formula is C9H11N3O6. The Hall–Kier alpha value is -2.26. The van der Waals surface area contributed by atoms with E-state index in [4.69, 9.17) is 15.3 Å². The van der Waals surface area contributed by atoms with E-state index in [0.717, 1.165) is 12.1 Å². The molecule has 0 saturated heterocycles. The van der Waals surface area contributed by atoms with Gasteiger partial charge in [0, 0.05) is 6.07 Å². The summed E-state index contributed by atoms with van der Waals surface area (Å²) in [6.45, 7) is -0.959. The van der Waals surface area contributed by atoms with Gasteiger partial charge in [-0.15, -0.1) is 0 Å². The van der Waals surface area contributed by atoms with Gasteiger partial charge in [0.2, 0.25) is 5.82 Å². The van der Waals surface area contributed by atoms with E-state index in [0.29, 0.717) is 0 Å². The number of pyridine rings is 1. The first kappa shape index (κ1) is 13.8. The zero-order valence-corrected chi connectivity index (χ0v) is 9.11. The summed E-state index contributed by atoms with van der Waals surface area (Å²) in [7, 11) is 0. The molecule has 0 aliphatic carbocycles. The lowest BCUT2D eigenvalue weighted by Gasteiger charge is -2.14. The Balaban J connectivity index is 3.14. The van der Waals surface area contributed by atoms with Gasteiger partial charge in [0.25, 0.3) is 0 Å². The molecule has 0 spiro atoms. The van der Waals surface area contributed by atoms with Gasteiger partial charge in [0.05, 0.1) is 24.2 Å². The summed E-state index contributed by atoms with van der Waals surface area (Å²) in [6, 6.07) is 1.13. The van der Waals surface area contributed by atoms with Crippen molar-refractivity contribution in [3.05, 3.63) is 27.9 Å². The lowest BCUT2D eigenvalue weighted by Crippen LogP contribution is -2.28. The zero-order valence-electron chi connectivity index (χ0n) is 9.11. The summed E-state index contributed by atoms with van der Waals surface area (Å²) in [5.41, 5.74) is -0.815. The second-order valence-electron chi connectivity index (χ2n) is 3.33. The van der Waals surface area contributed by atoms with Crippen molar-refractivity contribution < 1.29 is 25.0 Å². The van der Waals surface area contributed by atoms with Crippen molar-refractivity contribution in [1.82, 2.24) is 4.98 Å². The van der Waals surface area contributed by atoms with Gasteiger partial charge < -0.3 is 20.6 Å². The van der Waals surface area contributed by atoms with Crippen molar-refractivity contribution in [3.63, 3.8) is 0 Å². The number of aromatic nitrogens is 1. The molecule has 0 atom stereocenters. The van der Waals surface area contributed by atoms with Crippen LogP contribution in [0.4, 0.5) is 11.5 Å². The smallest absolute Gasteiger partial charge is 0.354 e. The molecule has 9 heteroatoms. The van der Waals surface area contributed by atoms with Crippen LogP contribution in [0.15, 0.2) is 12.1 Å². The Labute approximate surface area is 101 Å². The predicted molar refractivity (Wildman–Crippen MR) is 59.4 cm³/mol. The quantitative estimate of drug-likeness (QED) is 0.392. The van der Waals surface area contributed by atoms with Crippen LogP contribution in [0.5, 0.6) is 0 Å². The molecule has 0 aliphatic heterocycles. The van der Waals surface area contributed by atoms with Crippen molar-refractivity contribution in [3.8, 4) is 0 Å². The molecule has 1 aromatic rings. The Morgan fingerprint density at radius 2 is 2.06 bits per heavy atom. The maximum atomic E-state index is 10.7. The number of aliphatic hydroxyl groups excluding tert-OH is 2. The molecule has 1 aromatic heterocycles. The molecule has 0 aliphatic rings. The standard InChI is InChI=1S/C9H11N3O6/c13-3-5(4-14)10-8-7(12(17)18)2-1-6(11-8)9(15)16/h1-2,5,13-14H,3-4H2,(H,10,11)(H,15,16). The fraction of sp³-hybridized carbons (Fsp3) is 0.333. The van der Waals surface area contributed by atoms with Crippen molar-refractivity contribution in [2.45, 2.75) is 6.04 Å². The highest BCUT2D eigenvalue weighted by atomic mass is 16.6. The van der Waals surface area contributed by atoms with Crippen LogP contribution >= 0.6 is 0 Å². The molecule has 0 aromatic carbocycles. The van der Waals surface area contributed by atoms with E-state index >= 15 is 0 Å². The van der Waals surface area contributed by atoms with Crippen molar-refractivity contribution in [2.24, 2.45) is 0 Å². The number of anilines is 1. The molecule has 4 N–H and O–H groups in total. The number of hydrogen-bond acceptors (Lipinski definition) is 7. The monoisotopic (exact) mass is 257 g/mol. The molecule has 98 valence electrons. The van der Waals surface area contributed by atoms with Crippen LogP contribution in [0.25, 0.3) is 0 Å². The molecule has 9 nitrogen and oxygen atoms in total. The third kappa shape index (κ3) is 3.12. The number of nitro groups is 1. The molecule has 0 amide bonds. The fourth-order valence-corrected chi connectivity index (χ4v) is 1.17.